The summed E-state index contributed by atoms with van der Waals surface area (Å²) in [6.45, 7) is -0.990. The van der Waals surface area contributed by atoms with Crippen LogP contribution >= 0.6 is 0 Å². The zero-order valence-electron chi connectivity index (χ0n) is 7.06. The van der Waals surface area contributed by atoms with E-state index in [0.29, 0.717) is 12.8 Å². The summed E-state index contributed by atoms with van der Waals surface area (Å²) in [6.07, 6.45) is -1.95. The zero-order valence-corrected chi connectivity index (χ0v) is 7.06. The van der Waals surface area contributed by atoms with Crippen molar-refractivity contribution < 1.29 is 13.2 Å². The molecule has 0 aromatic rings. The number of hydrogen-bond donors (Lipinski definition) is 1. The van der Waals surface area contributed by atoms with Crippen molar-refractivity contribution >= 4 is 0 Å². The van der Waals surface area contributed by atoms with Gasteiger partial charge >= 0.3 is 6.18 Å². The Morgan fingerprint density at radius 2 is 2.08 bits per heavy atom. The first-order chi connectivity index (χ1) is 6.03. The maximum atomic E-state index is 11.8. The molecule has 5 heteroatoms. The quantitative estimate of drug-likeness (QED) is 0.724. The van der Waals surface area contributed by atoms with Gasteiger partial charge < -0.3 is 5.32 Å². The number of halogens is 3. The van der Waals surface area contributed by atoms with Gasteiger partial charge in [-0.15, -0.1) is 0 Å². The highest BCUT2D eigenvalue weighted by Crippen LogP contribution is 2.25. The minimum absolute atomic E-state index is 0.248. The molecule has 0 aliphatic heterocycles. The molecule has 1 aliphatic rings. The van der Waals surface area contributed by atoms with Gasteiger partial charge in [0.15, 0.2) is 0 Å². The molecule has 2 atom stereocenters. The van der Waals surface area contributed by atoms with Crippen LogP contribution in [0.1, 0.15) is 19.3 Å². The number of hydrogen-bond acceptors (Lipinski definition) is 2. The predicted octanol–water partition coefficient (Wildman–Crippen LogP) is 1.83. The van der Waals surface area contributed by atoms with Crippen LogP contribution in [0.5, 0.6) is 0 Å². The number of nitrogens with zero attached hydrogens (tertiary/aromatic N) is 1. The highest BCUT2D eigenvalue weighted by molar-refractivity contribution is 4.96. The van der Waals surface area contributed by atoms with Crippen LogP contribution in [0.3, 0.4) is 0 Å². The summed E-state index contributed by atoms with van der Waals surface area (Å²) in [5.74, 6) is -0.248. The molecule has 0 radical (unpaired) electrons. The number of nitriles is 1. The molecule has 0 spiro atoms. The molecule has 0 aromatic carbocycles. The fourth-order valence-electron chi connectivity index (χ4n) is 1.61. The van der Waals surface area contributed by atoms with Crippen LogP contribution in [-0.4, -0.2) is 18.8 Å². The highest BCUT2D eigenvalue weighted by atomic mass is 19.4. The Bertz CT molecular complexity index is 206. The van der Waals surface area contributed by atoms with Crippen LogP contribution in [0.15, 0.2) is 0 Å². The minimum atomic E-state index is -4.18. The Morgan fingerprint density at radius 3 is 2.62 bits per heavy atom. The van der Waals surface area contributed by atoms with Crippen LogP contribution in [0.25, 0.3) is 0 Å². The molecule has 0 bridgehead atoms. The summed E-state index contributed by atoms with van der Waals surface area (Å²) in [7, 11) is 0. The van der Waals surface area contributed by atoms with Gasteiger partial charge in [0.05, 0.1) is 18.5 Å². The lowest BCUT2D eigenvalue weighted by atomic mass is 10.1. The van der Waals surface area contributed by atoms with Gasteiger partial charge in [-0.3, -0.25) is 0 Å². The second kappa shape index (κ2) is 3.97. The minimum Gasteiger partial charge on any atom is -0.305 e. The van der Waals surface area contributed by atoms with Gasteiger partial charge in [-0.1, -0.05) is 6.42 Å². The van der Waals surface area contributed by atoms with Gasteiger partial charge in [-0.05, 0) is 12.8 Å². The lowest BCUT2D eigenvalue weighted by Gasteiger charge is -2.16. The van der Waals surface area contributed by atoms with E-state index in [-0.39, 0.29) is 12.0 Å². The molecule has 1 fully saturated rings. The summed E-state index contributed by atoms with van der Waals surface area (Å²) < 4.78 is 35.4. The SMILES string of the molecule is N#CC1CCCC1NCC(F)(F)F. The van der Waals surface area contributed by atoms with Gasteiger partial charge in [0.2, 0.25) is 0 Å². The summed E-state index contributed by atoms with van der Waals surface area (Å²) in [5, 5.41) is 11.0. The monoisotopic (exact) mass is 192 g/mol. The van der Waals surface area contributed by atoms with E-state index >= 15 is 0 Å². The largest absolute Gasteiger partial charge is 0.401 e. The van der Waals surface area contributed by atoms with Gasteiger partial charge in [-0.2, -0.15) is 18.4 Å². The Balaban J connectivity index is 2.33. The van der Waals surface area contributed by atoms with Crippen molar-refractivity contribution in [3.8, 4) is 6.07 Å². The Hall–Kier alpha value is -0.760. The average Bonchev–Trinajstić information content (AvgIpc) is 2.46. The summed E-state index contributed by atoms with van der Waals surface area (Å²) >= 11 is 0. The first-order valence-corrected chi connectivity index (χ1v) is 4.22. The molecule has 2 unspecified atom stereocenters. The first kappa shape index (κ1) is 10.3. The van der Waals surface area contributed by atoms with Gasteiger partial charge in [0, 0.05) is 6.04 Å². The molecule has 13 heavy (non-hydrogen) atoms. The van der Waals surface area contributed by atoms with Crippen LogP contribution in [-0.2, 0) is 0 Å². The van der Waals surface area contributed by atoms with Crippen molar-refractivity contribution in [2.24, 2.45) is 5.92 Å². The maximum Gasteiger partial charge on any atom is 0.401 e. The van der Waals surface area contributed by atoms with Crippen molar-refractivity contribution in [2.75, 3.05) is 6.54 Å². The van der Waals surface area contributed by atoms with Gasteiger partial charge in [0.25, 0.3) is 0 Å². The lowest BCUT2D eigenvalue weighted by molar-refractivity contribution is -0.126. The molecular weight excluding hydrogens is 181 g/mol. The lowest BCUT2D eigenvalue weighted by Crippen LogP contribution is -2.38. The molecular formula is C8H11F3N2. The van der Waals surface area contributed by atoms with Crippen molar-refractivity contribution in [2.45, 2.75) is 31.5 Å². The van der Waals surface area contributed by atoms with Crippen molar-refractivity contribution in [1.82, 2.24) is 5.32 Å². The van der Waals surface area contributed by atoms with Gasteiger partial charge in [0.1, 0.15) is 0 Å². The van der Waals surface area contributed by atoms with E-state index in [0.717, 1.165) is 6.42 Å². The fraction of sp³-hybridized carbons (Fsp3) is 0.875. The van der Waals surface area contributed by atoms with E-state index in [9.17, 15) is 13.2 Å². The topological polar surface area (TPSA) is 35.8 Å². The summed E-state index contributed by atoms with van der Waals surface area (Å²) in [6, 6.07) is 1.75. The number of alkyl halides is 3. The van der Waals surface area contributed by atoms with Crippen molar-refractivity contribution in [1.29, 1.82) is 5.26 Å². The highest BCUT2D eigenvalue weighted by Gasteiger charge is 2.32. The third-order valence-corrected chi connectivity index (χ3v) is 2.25. The zero-order chi connectivity index (χ0) is 9.90. The molecule has 74 valence electrons. The molecule has 0 amide bonds. The normalized spacial score (nSPS) is 28.8. The maximum absolute atomic E-state index is 11.8. The van der Waals surface area contributed by atoms with Crippen LogP contribution in [0.4, 0.5) is 13.2 Å². The van der Waals surface area contributed by atoms with E-state index in [4.69, 9.17) is 5.26 Å². The van der Waals surface area contributed by atoms with E-state index in [1.165, 1.54) is 0 Å². The summed E-state index contributed by atoms with van der Waals surface area (Å²) in [4.78, 5) is 0. The third kappa shape index (κ3) is 3.23. The summed E-state index contributed by atoms with van der Waals surface area (Å²) in [5.41, 5.74) is 0. The predicted molar refractivity (Wildman–Crippen MR) is 40.8 cm³/mol. The Kier molecular flexibility index (Phi) is 3.15. The van der Waals surface area contributed by atoms with E-state index in [1.807, 2.05) is 6.07 Å². The third-order valence-electron chi connectivity index (χ3n) is 2.25. The standard InChI is InChI=1S/C8H11F3N2/c9-8(10,11)5-13-7-3-1-2-6(7)4-12/h6-7,13H,1-3,5H2. The molecule has 2 nitrogen and oxygen atoms in total. The second-order valence-corrected chi connectivity index (χ2v) is 3.27. The van der Waals surface area contributed by atoms with Crippen LogP contribution < -0.4 is 5.32 Å². The van der Waals surface area contributed by atoms with Crippen LogP contribution in [0, 0.1) is 17.2 Å². The Morgan fingerprint density at radius 1 is 1.38 bits per heavy atom. The van der Waals surface area contributed by atoms with Crippen LogP contribution in [0.2, 0.25) is 0 Å². The number of nitrogens with one attached hydrogen (secondary N) is 1. The van der Waals surface area contributed by atoms with E-state index in [1.54, 1.807) is 0 Å². The van der Waals surface area contributed by atoms with E-state index < -0.39 is 12.7 Å². The fourth-order valence-corrected chi connectivity index (χ4v) is 1.61. The van der Waals surface area contributed by atoms with Crippen molar-refractivity contribution in [3.63, 3.8) is 0 Å². The average molecular weight is 192 g/mol. The molecule has 1 saturated carbocycles. The Labute approximate surface area is 74.7 Å². The number of rotatable bonds is 2. The van der Waals surface area contributed by atoms with E-state index in [2.05, 4.69) is 5.32 Å². The first-order valence-electron chi connectivity index (χ1n) is 4.22. The molecule has 0 aromatic heterocycles. The molecule has 1 N–H and O–H groups in total. The smallest absolute Gasteiger partial charge is 0.305 e. The molecule has 0 heterocycles. The van der Waals surface area contributed by atoms with Crippen molar-refractivity contribution in [3.05, 3.63) is 0 Å². The molecule has 0 saturated heterocycles. The second-order valence-electron chi connectivity index (χ2n) is 3.27. The molecule has 1 aliphatic carbocycles. The molecule has 1 rings (SSSR count). The van der Waals surface area contributed by atoms with Gasteiger partial charge in [-0.25, -0.2) is 0 Å².